The summed E-state index contributed by atoms with van der Waals surface area (Å²) < 4.78 is 12.7. The summed E-state index contributed by atoms with van der Waals surface area (Å²) in [5, 5.41) is 0. The van der Waals surface area contributed by atoms with Gasteiger partial charge in [0.1, 0.15) is 11.6 Å². The lowest BCUT2D eigenvalue weighted by molar-refractivity contribution is -0.118. The van der Waals surface area contributed by atoms with Crippen LogP contribution in [0.4, 0.5) is 4.39 Å². The van der Waals surface area contributed by atoms with Crippen molar-refractivity contribution in [3.63, 3.8) is 0 Å². The van der Waals surface area contributed by atoms with Crippen molar-refractivity contribution in [3.05, 3.63) is 35.6 Å². The predicted molar refractivity (Wildman–Crippen MR) is 77.7 cm³/mol. The van der Waals surface area contributed by atoms with Crippen molar-refractivity contribution in [3.8, 4) is 0 Å². The standard InChI is InChI=1S/C17H25FO/c1-2-3-4-5-6-7-8-9-17(19)14-15-10-12-16(18)13-11-15/h10-13H,2-9,14H2,1H3. The third kappa shape index (κ3) is 7.76. The minimum Gasteiger partial charge on any atom is -0.299 e. The van der Waals surface area contributed by atoms with Gasteiger partial charge < -0.3 is 0 Å². The van der Waals surface area contributed by atoms with Crippen molar-refractivity contribution in [1.29, 1.82) is 0 Å². The number of halogens is 1. The smallest absolute Gasteiger partial charge is 0.137 e. The second kappa shape index (κ2) is 9.71. The van der Waals surface area contributed by atoms with E-state index < -0.39 is 0 Å². The molecule has 0 amide bonds. The molecule has 0 fully saturated rings. The molecule has 106 valence electrons. The average molecular weight is 264 g/mol. The Morgan fingerprint density at radius 2 is 1.53 bits per heavy atom. The van der Waals surface area contributed by atoms with E-state index in [1.807, 2.05) is 0 Å². The molecular formula is C17H25FO. The second-order valence-electron chi connectivity index (χ2n) is 5.21. The number of carbonyl (C=O) groups excluding carboxylic acids is 1. The van der Waals surface area contributed by atoms with Gasteiger partial charge in [0.2, 0.25) is 0 Å². The molecule has 0 N–H and O–H groups in total. The molecule has 19 heavy (non-hydrogen) atoms. The number of ketones is 1. The number of benzene rings is 1. The minimum absolute atomic E-state index is 0.247. The van der Waals surface area contributed by atoms with Crippen LogP contribution >= 0.6 is 0 Å². The van der Waals surface area contributed by atoms with Crippen LogP contribution in [-0.4, -0.2) is 5.78 Å². The Bertz CT molecular complexity index is 356. The van der Waals surface area contributed by atoms with Crippen LogP contribution in [0.1, 0.15) is 63.9 Å². The molecule has 2 heteroatoms. The normalized spacial score (nSPS) is 10.6. The summed E-state index contributed by atoms with van der Waals surface area (Å²) in [5.74, 6) is 0.0171. The first-order chi connectivity index (χ1) is 9.22. The van der Waals surface area contributed by atoms with E-state index in [1.165, 1.54) is 44.2 Å². The topological polar surface area (TPSA) is 17.1 Å². The van der Waals surface area contributed by atoms with Crippen LogP contribution in [0.15, 0.2) is 24.3 Å². The molecule has 0 aliphatic heterocycles. The fraction of sp³-hybridized carbons (Fsp3) is 0.588. The summed E-state index contributed by atoms with van der Waals surface area (Å²) in [6.45, 7) is 2.22. The lowest BCUT2D eigenvalue weighted by atomic mass is 10.0. The number of carbonyl (C=O) groups is 1. The molecular weight excluding hydrogens is 239 g/mol. The molecule has 1 rings (SSSR count). The highest BCUT2D eigenvalue weighted by Crippen LogP contribution is 2.10. The van der Waals surface area contributed by atoms with Crippen molar-refractivity contribution < 1.29 is 9.18 Å². The molecule has 0 aliphatic rings. The Balaban J connectivity index is 2.06. The first kappa shape index (κ1) is 15.9. The zero-order chi connectivity index (χ0) is 13.9. The molecule has 0 heterocycles. The molecule has 0 saturated heterocycles. The maximum atomic E-state index is 12.7. The molecule has 0 spiro atoms. The number of hydrogen-bond acceptors (Lipinski definition) is 1. The van der Waals surface area contributed by atoms with E-state index in [4.69, 9.17) is 0 Å². The molecule has 0 aliphatic carbocycles. The van der Waals surface area contributed by atoms with Crippen LogP contribution in [-0.2, 0) is 11.2 Å². The summed E-state index contributed by atoms with van der Waals surface area (Å²) in [5.41, 5.74) is 0.911. The lowest BCUT2D eigenvalue weighted by Gasteiger charge is -2.02. The number of Topliss-reactive ketones (excluding diaryl/α,β-unsaturated/α-hetero) is 1. The van der Waals surface area contributed by atoms with Gasteiger partial charge in [0.15, 0.2) is 0 Å². The number of hydrogen-bond donors (Lipinski definition) is 0. The van der Waals surface area contributed by atoms with E-state index >= 15 is 0 Å². The SMILES string of the molecule is CCCCCCCCCC(=O)Cc1ccc(F)cc1. The summed E-state index contributed by atoms with van der Waals surface area (Å²) >= 11 is 0. The molecule has 0 saturated carbocycles. The largest absolute Gasteiger partial charge is 0.299 e. The van der Waals surface area contributed by atoms with E-state index in [9.17, 15) is 9.18 Å². The molecule has 1 aromatic rings. The number of unbranched alkanes of at least 4 members (excludes halogenated alkanes) is 6. The van der Waals surface area contributed by atoms with Crippen LogP contribution in [0.5, 0.6) is 0 Å². The van der Waals surface area contributed by atoms with Gasteiger partial charge in [-0.25, -0.2) is 4.39 Å². The first-order valence-corrected chi connectivity index (χ1v) is 7.48. The Kier molecular flexibility index (Phi) is 8.11. The molecule has 0 radical (unpaired) electrons. The van der Waals surface area contributed by atoms with Crippen molar-refractivity contribution in [2.75, 3.05) is 0 Å². The van der Waals surface area contributed by atoms with Crippen LogP contribution in [0, 0.1) is 5.82 Å². The maximum Gasteiger partial charge on any atom is 0.137 e. The van der Waals surface area contributed by atoms with Gasteiger partial charge >= 0.3 is 0 Å². The van der Waals surface area contributed by atoms with Crippen molar-refractivity contribution >= 4 is 5.78 Å². The predicted octanol–water partition coefficient (Wildman–Crippen LogP) is 5.08. The molecule has 0 aromatic heterocycles. The second-order valence-corrected chi connectivity index (χ2v) is 5.21. The molecule has 0 bridgehead atoms. The van der Waals surface area contributed by atoms with Crippen LogP contribution < -0.4 is 0 Å². The summed E-state index contributed by atoms with van der Waals surface area (Å²) in [6.07, 6.45) is 9.69. The van der Waals surface area contributed by atoms with Gasteiger partial charge in [-0.3, -0.25) is 4.79 Å². The van der Waals surface area contributed by atoms with Gasteiger partial charge in [0, 0.05) is 12.8 Å². The first-order valence-electron chi connectivity index (χ1n) is 7.48. The third-order valence-electron chi connectivity index (χ3n) is 3.37. The summed E-state index contributed by atoms with van der Waals surface area (Å²) in [6, 6.07) is 6.21. The molecule has 0 unspecified atom stereocenters. The van der Waals surface area contributed by atoms with Gasteiger partial charge in [-0.15, -0.1) is 0 Å². The zero-order valence-corrected chi connectivity index (χ0v) is 12.0. The quantitative estimate of drug-likeness (QED) is 0.539. The highest BCUT2D eigenvalue weighted by Gasteiger charge is 2.03. The maximum absolute atomic E-state index is 12.7. The van der Waals surface area contributed by atoms with E-state index in [0.717, 1.165) is 18.4 Å². The van der Waals surface area contributed by atoms with Crippen molar-refractivity contribution in [1.82, 2.24) is 0 Å². The fourth-order valence-corrected chi connectivity index (χ4v) is 2.20. The van der Waals surface area contributed by atoms with Crippen LogP contribution in [0.2, 0.25) is 0 Å². The Labute approximate surface area is 116 Å². The Hall–Kier alpha value is -1.18. The lowest BCUT2D eigenvalue weighted by Crippen LogP contribution is -2.02. The van der Waals surface area contributed by atoms with Crippen LogP contribution in [0.3, 0.4) is 0 Å². The molecule has 1 nitrogen and oxygen atoms in total. The minimum atomic E-state index is -0.247. The summed E-state index contributed by atoms with van der Waals surface area (Å²) in [7, 11) is 0. The van der Waals surface area contributed by atoms with Gasteiger partial charge in [-0.2, -0.15) is 0 Å². The van der Waals surface area contributed by atoms with E-state index in [-0.39, 0.29) is 11.6 Å². The van der Waals surface area contributed by atoms with Gasteiger partial charge in [-0.05, 0) is 24.1 Å². The van der Waals surface area contributed by atoms with E-state index in [2.05, 4.69) is 6.92 Å². The fourth-order valence-electron chi connectivity index (χ4n) is 2.20. The average Bonchev–Trinajstić information content (AvgIpc) is 2.40. The zero-order valence-electron chi connectivity index (χ0n) is 12.0. The van der Waals surface area contributed by atoms with Gasteiger partial charge in [-0.1, -0.05) is 57.6 Å². The van der Waals surface area contributed by atoms with E-state index in [0.29, 0.717) is 12.8 Å². The van der Waals surface area contributed by atoms with Crippen LogP contribution in [0.25, 0.3) is 0 Å². The Morgan fingerprint density at radius 3 is 2.16 bits per heavy atom. The summed E-state index contributed by atoms with van der Waals surface area (Å²) in [4.78, 5) is 11.7. The molecule has 0 atom stereocenters. The van der Waals surface area contributed by atoms with Crippen molar-refractivity contribution in [2.45, 2.75) is 64.7 Å². The Morgan fingerprint density at radius 1 is 0.947 bits per heavy atom. The third-order valence-corrected chi connectivity index (χ3v) is 3.37. The molecule has 1 aromatic carbocycles. The highest BCUT2D eigenvalue weighted by molar-refractivity contribution is 5.80. The van der Waals surface area contributed by atoms with Gasteiger partial charge in [0.05, 0.1) is 0 Å². The van der Waals surface area contributed by atoms with E-state index in [1.54, 1.807) is 12.1 Å². The van der Waals surface area contributed by atoms with Gasteiger partial charge in [0.25, 0.3) is 0 Å². The van der Waals surface area contributed by atoms with Crippen molar-refractivity contribution in [2.24, 2.45) is 0 Å². The highest BCUT2D eigenvalue weighted by atomic mass is 19.1. The number of rotatable bonds is 10. The monoisotopic (exact) mass is 264 g/mol.